The summed E-state index contributed by atoms with van der Waals surface area (Å²) in [7, 11) is 0. The lowest BCUT2D eigenvalue weighted by molar-refractivity contribution is 0.248. The molecular formula is C18H30N2S. The van der Waals surface area contributed by atoms with Crippen LogP contribution in [0.5, 0.6) is 0 Å². The smallest absolute Gasteiger partial charge is 0.0305 e. The molecule has 1 aromatic rings. The highest BCUT2D eigenvalue weighted by atomic mass is 32.1. The molecule has 1 saturated heterocycles. The van der Waals surface area contributed by atoms with Crippen molar-refractivity contribution in [1.82, 2.24) is 10.6 Å². The maximum Gasteiger partial charge on any atom is 0.0305 e. The molecule has 0 bridgehead atoms. The lowest BCUT2D eigenvalue weighted by atomic mass is 9.88. The molecule has 1 aliphatic heterocycles. The van der Waals surface area contributed by atoms with E-state index in [9.17, 15) is 0 Å². The van der Waals surface area contributed by atoms with Crippen LogP contribution >= 0.6 is 11.3 Å². The van der Waals surface area contributed by atoms with E-state index in [4.69, 9.17) is 0 Å². The van der Waals surface area contributed by atoms with Crippen LogP contribution < -0.4 is 10.6 Å². The average molecular weight is 307 g/mol. The fourth-order valence-corrected chi connectivity index (χ4v) is 5.44. The van der Waals surface area contributed by atoms with E-state index >= 15 is 0 Å². The van der Waals surface area contributed by atoms with E-state index in [-0.39, 0.29) is 0 Å². The van der Waals surface area contributed by atoms with Gasteiger partial charge in [-0.2, -0.15) is 0 Å². The lowest BCUT2D eigenvalue weighted by Crippen LogP contribution is -2.47. The van der Waals surface area contributed by atoms with Crippen molar-refractivity contribution in [3.05, 3.63) is 21.4 Å². The molecule has 21 heavy (non-hydrogen) atoms. The second-order valence-electron chi connectivity index (χ2n) is 7.01. The number of nitrogens with one attached hydrogen (secondary N) is 2. The van der Waals surface area contributed by atoms with E-state index in [2.05, 4.69) is 37.5 Å². The Labute approximate surface area is 133 Å². The molecule has 0 amide bonds. The van der Waals surface area contributed by atoms with Crippen molar-refractivity contribution in [2.24, 2.45) is 5.92 Å². The molecule has 1 saturated carbocycles. The van der Waals surface area contributed by atoms with E-state index in [1.807, 2.05) is 11.3 Å². The van der Waals surface area contributed by atoms with E-state index in [0.29, 0.717) is 12.1 Å². The molecule has 118 valence electrons. The molecule has 0 radical (unpaired) electrons. The first-order chi connectivity index (χ1) is 10.1. The first-order valence-corrected chi connectivity index (χ1v) is 9.53. The minimum atomic E-state index is 0.490. The number of rotatable bonds is 4. The first-order valence-electron chi connectivity index (χ1n) is 8.71. The van der Waals surface area contributed by atoms with Gasteiger partial charge >= 0.3 is 0 Å². The lowest BCUT2D eigenvalue weighted by Gasteiger charge is -2.34. The SMILES string of the molecule is Cc1cc(C(C)NC2CCCC2C2CCCCN2)c(C)s1. The van der Waals surface area contributed by atoms with Crippen molar-refractivity contribution in [1.29, 1.82) is 0 Å². The van der Waals surface area contributed by atoms with Crippen LogP contribution in [0.15, 0.2) is 6.07 Å². The third kappa shape index (κ3) is 3.52. The Balaban J connectivity index is 1.64. The molecule has 4 unspecified atom stereocenters. The summed E-state index contributed by atoms with van der Waals surface area (Å²) in [6.07, 6.45) is 8.33. The van der Waals surface area contributed by atoms with Crippen LogP contribution in [0.2, 0.25) is 0 Å². The maximum atomic E-state index is 3.96. The molecule has 2 N–H and O–H groups in total. The van der Waals surface area contributed by atoms with Gasteiger partial charge in [0.2, 0.25) is 0 Å². The summed E-state index contributed by atoms with van der Waals surface area (Å²) in [5.74, 6) is 0.841. The second-order valence-corrected chi connectivity index (χ2v) is 8.48. The summed E-state index contributed by atoms with van der Waals surface area (Å²) < 4.78 is 0. The highest BCUT2D eigenvalue weighted by Gasteiger charge is 2.34. The third-order valence-electron chi connectivity index (χ3n) is 5.44. The largest absolute Gasteiger partial charge is 0.314 e. The quantitative estimate of drug-likeness (QED) is 0.865. The van der Waals surface area contributed by atoms with Crippen molar-refractivity contribution in [3.63, 3.8) is 0 Å². The number of aryl methyl sites for hydroxylation is 2. The molecule has 2 aliphatic rings. The first kappa shape index (κ1) is 15.5. The Morgan fingerprint density at radius 3 is 2.71 bits per heavy atom. The van der Waals surface area contributed by atoms with Crippen molar-refractivity contribution < 1.29 is 0 Å². The van der Waals surface area contributed by atoms with Crippen LogP contribution in [-0.2, 0) is 0 Å². The van der Waals surface area contributed by atoms with Crippen LogP contribution in [-0.4, -0.2) is 18.6 Å². The zero-order chi connectivity index (χ0) is 14.8. The second kappa shape index (κ2) is 6.80. The highest BCUT2D eigenvalue weighted by Crippen LogP contribution is 2.34. The van der Waals surface area contributed by atoms with Crippen LogP contribution in [0, 0.1) is 19.8 Å². The van der Waals surface area contributed by atoms with Crippen molar-refractivity contribution in [2.45, 2.75) is 77.4 Å². The van der Waals surface area contributed by atoms with Gasteiger partial charge in [0, 0.05) is 27.9 Å². The number of hydrogen-bond acceptors (Lipinski definition) is 3. The molecule has 2 heterocycles. The van der Waals surface area contributed by atoms with Crippen LogP contribution in [0.25, 0.3) is 0 Å². The maximum absolute atomic E-state index is 3.96. The van der Waals surface area contributed by atoms with Crippen LogP contribution in [0.4, 0.5) is 0 Å². The monoisotopic (exact) mass is 306 g/mol. The van der Waals surface area contributed by atoms with Gasteiger partial charge in [0.1, 0.15) is 0 Å². The van der Waals surface area contributed by atoms with Gasteiger partial charge in [-0.1, -0.05) is 12.8 Å². The van der Waals surface area contributed by atoms with Crippen LogP contribution in [0.3, 0.4) is 0 Å². The summed E-state index contributed by atoms with van der Waals surface area (Å²) in [6, 6.07) is 4.33. The van der Waals surface area contributed by atoms with Gasteiger partial charge in [0.15, 0.2) is 0 Å². The van der Waals surface area contributed by atoms with Gasteiger partial charge in [-0.05, 0) is 70.5 Å². The Kier molecular flexibility index (Phi) is 5.03. The molecule has 3 rings (SSSR count). The normalized spacial score (nSPS) is 31.5. The van der Waals surface area contributed by atoms with Gasteiger partial charge < -0.3 is 10.6 Å². The van der Waals surface area contributed by atoms with Gasteiger partial charge in [-0.15, -0.1) is 11.3 Å². The standard InChI is InChI=1S/C18H30N2S/c1-12-11-16(14(3)21-12)13(2)20-18-9-6-7-15(18)17-8-4-5-10-19-17/h11,13,15,17-20H,4-10H2,1-3H3. The zero-order valence-corrected chi connectivity index (χ0v) is 14.6. The predicted octanol–water partition coefficient (Wildman–Crippen LogP) is 4.33. The fraction of sp³-hybridized carbons (Fsp3) is 0.778. The minimum Gasteiger partial charge on any atom is -0.314 e. The fourth-order valence-electron chi connectivity index (χ4n) is 4.41. The highest BCUT2D eigenvalue weighted by molar-refractivity contribution is 7.12. The topological polar surface area (TPSA) is 24.1 Å². The van der Waals surface area contributed by atoms with Crippen molar-refractivity contribution in [2.75, 3.05) is 6.54 Å². The number of piperidine rings is 1. The molecule has 0 spiro atoms. The Morgan fingerprint density at radius 1 is 1.19 bits per heavy atom. The van der Waals surface area contributed by atoms with Gasteiger partial charge in [0.05, 0.1) is 0 Å². The molecule has 2 nitrogen and oxygen atoms in total. The molecular weight excluding hydrogens is 276 g/mol. The van der Waals surface area contributed by atoms with E-state index < -0.39 is 0 Å². The van der Waals surface area contributed by atoms with Crippen molar-refractivity contribution >= 4 is 11.3 Å². The van der Waals surface area contributed by atoms with Gasteiger partial charge in [0.25, 0.3) is 0 Å². The average Bonchev–Trinajstić information content (AvgIpc) is 3.06. The summed E-state index contributed by atoms with van der Waals surface area (Å²) in [6.45, 7) is 8.06. The van der Waals surface area contributed by atoms with E-state index in [1.165, 1.54) is 60.4 Å². The van der Waals surface area contributed by atoms with Crippen molar-refractivity contribution in [3.8, 4) is 0 Å². The minimum absolute atomic E-state index is 0.490. The molecule has 1 aliphatic carbocycles. The summed E-state index contributed by atoms with van der Waals surface area (Å²) >= 11 is 1.93. The Morgan fingerprint density at radius 2 is 2.05 bits per heavy atom. The Bertz CT molecular complexity index is 462. The van der Waals surface area contributed by atoms with Gasteiger partial charge in [-0.25, -0.2) is 0 Å². The molecule has 4 atom stereocenters. The van der Waals surface area contributed by atoms with Crippen LogP contribution in [0.1, 0.15) is 66.8 Å². The van der Waals surface area contributed by atoms with Gasteiger partial charge in [-0.3, -0.25) is 0 Å². The molecule has 1 aromatic heterocycles. The summed E-state index contributed by atoms with van der Waals surface area (Å²) in [4.78, 5) is 2.92. The molecule has 3 heteroatoms. The number of thiophene rings is 1. The summed E-state index contributed by atoms with van der Waals surface area (Å²) in [5, 5.41) is 7.74. The third-order valence-corrected chi connectivity index (χ3v) is 6.43. The molecule has 0 aromatic carbocycles. The summed E-state index contributed by atoms with van der Waals surface area (Å²) in [5.41, 5.74) is 1.51. The van der Waals surface area contributed by atoms with E-state index in [0.717, 1.165) is 12.0 Å². The number of hydrogen-bond donors (Lipinski definition) is 2. The van der Waals surface area contributed by atoms with E-state index in [1.54, 1.807) is 0 Å². The zero-order valence-electron chi connectivity index (χ0n) is 13.7. The molecule has 2 fully saturated rings. The predicted molar refractivity (Wildman–Crippen MR) is 92.1 cm³/mol. The Hall–Kier alpha value is -0.380.